The Morgan fingerprint density at radius 3 is 2.32 bits per heavy atom. The van der Waals surface area contributed by atoms with Gasteiger partial charge in [0.25, 0.3) is 0 Å². The number of benzene rings is 2. The lowest BCUT2D eigenvalue weighted by atomic mass is 10.1. The maximum absolute atomic E-state index is 5.89. The molecule has 2 aromatic rings. The highest BCUT2D eigenvalue weighted by molar-refractivity contribution is 5.39. The minimum Gasteiger partial charge on any atom is -0.457 e. The molecule has 0 saturated carbocycles. The molecule has 0 aliphatic heterocycles. The summed E-state index contributed by atoms with van der Waals surface area (Å²) in [5, 5.41) is 0. The van der Waals surface area contributed by atoms with Crippen LogP contribution in [0, 0.1) is 13.8 Å². The fourth-order valence-electron chi connectivity index (χ4n) is 2.11. The van der Waals surface area contributed by atoms with E-state index in [1.165, 1.54) is 11.1 Å². The van der Waals surface area contributed by atoms with Crippen molar-refractivity contribution in [2.45, 2.75) is 33.2 Å². The third-order valence-electron chi connectivity index (χ3n) is 3.04. The highest BCUT2D eigenvalue weighted by Crippen LogP contribution is 2.25. The Labute approximate surface area is 115 Å². The van der Waals surface area contributed by atoms with Crippen molar-refractivity contribution in [2.24, 2.45) is 5.73 Å². The summed E-state index contributed by atoms with van der Waals surface area (Å²) >= 11 is 0. The van der Waals surface area contributed by atoms with E-state index in [9.17, 15) is 0 Å². The lowest BCUT2D eigenvalue weighted by molar-refractivity contribution is 0.478. The van der Waals surface area contributed by atoms with Crippen molar-refractivity contribution in [1.29, 1.82) is 0 Å². The predicted octanol–water partition coefficient (Wildman–Crippen LogP) is 3.99. The lowest BCUT2D eigenvalue weighted by Gasteiger charge is -2.10. The van der Waals surface area contributed by atoms with Gasteiger partial charge in [0.05, 0.1) is 0 Å². The second kappa shape index (κ2) is 5.89. The third kappa shape index (κ3) is 3.83. The van der Waals surface area contributed by atoms with Gasteiger partial charge >= 0.3 is 0 Å². The van der Waals surface area contributed by atoms with E-state index in [2.05, 4.69) is 38.1 Å². The van der Waals surface area contributed by atoms with Crippen LogP contribution in [0.2, 0.25) is 0 Å². The van der Waals surface area contributed by atoms with E-state index < -0.39 is 0 Å². The Kier molecular flexibility index (Phi) is 4.23. The van der Waals surface area contributed by atoms with Gasteiger partial charge in [-0.25, -0.2) is 0 Å². The quantitative estimate of drug-likeness (QED) is 0.896. The van der Waals surface area contributed by atoms with Crippen molar-refractivity contribution in [3.05, 3.63) is 59.2 Å². The van der Waals surface area contributed by atoms with Gasteiger partial charge in [-0.3, -0.25) is 0 Å². The Morgan fingerprint density at radius 2 is 1.74 bits per heavy atom. The molecule has 19 heavy (non-hydrogen) atoms. The Hall–Kier alpha value is -1.80. The number of rotatable bonds is 4. The average Bonchev–Trinajstić information content (AvgIpc) is 2.34. The van der Waals surface area contributed by atoms with Gasteiger partial charge in [-0.05, 0) is 56.5 Å². The largest absolute Gasteiger partial charge is 0.457 e. The first-order chi connectivity index (χ1) is 9.04. The zero-order valence-electron chi connectivity index (χ0n) is 11.8. The maximum Gasteiger partial charge on any atom is 0.130 e. The van der Waals surface area contributed by atoms with Gasteiger partial charge in [0.15, 0.2) is 0 Å². The molecule has 0 fully saturated rings. The summed E-state index contributed by atoms with van der Waals surface area (Å²) < 4.78 is 5.89. The van der Waals surface area contributed by atoms with Crippen LogP contribution in [0.3, 0.4) is 0 Å². The molecule has 0 radical (unpaired) electrons. The lowest BCUT2D eigenvalue weighted by Crippen LogP contribution is -2.17. The summed E-state index contributed by atoms with van der Waals surface area (Å²) in [4.78, 5) is 0. The first-order valence-electron chi connectivity index (χ1n) is 6.64. The zero-order valence-corrected chi connectivity index (χ0v) is 11.8. The predicted molar refractivity (Wildman–Crippen MR) is 79.8 cm³/mol. The molecule has 0 aliphatic rings. The Balaban J connectivity index is 2.10. The molecule has 0 saturated heterocycles. The van der Waals surface area contributed by atoms with E-state index in [1.807, 2.05) is 25.1 Å². The van der Waals surface area contributed by atoms with Gasteiger partial charge in [-0.15, -0.1) is 0 Å². The van der Waals surface area contributed by atoms with Crippen molar-refractivity contribution in [3.63, 3.8) is 0 Å². The van der Waals surface area contributed by atoms with Crippen molar-refractivity contribution < 1.29 is 4.74 Å². The van der Waals surface area contributed by atoms with Crippen LogP contribution in [0.4, 0.5) is 0 Å². The van der Waals surface area contributed by atoms with Crippen LogP contribution >= 0.6 is 0 Å². The van der Waals surface area contributed by atoms with Crippen LogP contribution in [-0.4, -0.2) is 6.04 Å². The van der Waals surface area contributed by atoms with Crippen LogP contribution in [0.1, 0.15) is 23.6 Å². The highest BCUT2D eigenvalue weighted by atomic mass is 16.5. The molecule has 2 nitrogen and oxygen atoms in total. The van der Waals surface area contributed by atoms with Crippen LogP contribution in [0.25, 0.3) is 0 Å². The summed E-state index contributed by atoms with van der Waals surface area (Å²) in [6.45, 7) is 6.16. The average molecular weight is 255 g/mol. The van der Waals surface area contributed by atoms with E-state index in [0.717, 1.165) is 23.5 Å². The molecule has 0 aromatic heterocycles. The van der Waals surface area contributed by atoms with Crippen molar-refractivity contribution >= 4 is 0 Å². The number of hydrogen-bond acceptors (Lipinski definition) is 2. The van der Waals surface area contributed by atoms with Gasteiger partial charge in [0, 0.05) is 6.04 Å². The molecule has 0 heterocycles. The monoisotopic (exact) mass is 255 g/mol. The molecule has 0 amide bonds. The van der Waals surface area contributed by atoms with E-state index >= 15 is 0 Å². The van der Waals surface area contributed by atoms with E-state index in [-0.39, 0.29) is 6.04 Å². The van der Waals surface area contributed by atoms with Gasteiger partial charge < -0.3 is 10.5 Å². The molecule has 0 spiro atoms. The fourth-order valence-corrected chi connectivity index (χ4v) is 2.11. The topological polar surface area (TPSA) is 35.2 Å². The van der Waals surface area contributed by atoms with Gasteiger partial charge in [0.1, 0.15) is 11.5 Å². The zero-order chi connectivity index (χ0) is 13.8. The van der Waals surface area contributed by atoms with E-state index in [1.54, 1.807) is 0 Å². The minimum absolute atomic E-state index is 0.186. The van der Waals surface area contributed by atoms with Crippen LogP contribution in [-0.2, 0) is 6.42 Å². The number of ether oxygens (including phenoxy) is 1. The van der Waals surface area contributed by atoms with Gasteiger partial charge in [-0.1, -0.05) is 29.8 Å². The summed E-state index contributed by atoms with van der Waals surface area (Å²) in [7, 11) is 0. The number of nitrogens with two attached hydrogens (primary N) is 1. The summed E-state index contributed by atoms with van der Waals surface area (Å²) in [6, 6.07) is 14.5. The molecule has 0 bridgehead atoms. The van der Waals surface area contributed by atoms with Crippen molar-refractivity contribution in [2.75, 3.05) is 0 Å². The van der Waals surface area contributed by atoms with Crippen molar-refractivity contribution in [1.82, 2.24) is 0 Å². The van der Waals surface area contributed by atoms with Gasteiger partial charge in [-0.2, -0.15) is 0 Å². The summed E-state index contributed by atoms with van der Waals surface area (Å²) in [6.07, 6.45) is 0.893. The number of aryl methyl sites for hydroxylation is 2. The van der Waals surface area contributed by atoms with Gasteiger partial charge in [0.2, 0.25) is 0 Å². The summed E-state index contributed by atoms with van der Waals surface area (Å²) in [5.41, 5.74) is 9.43. The smallest absolute Gasteiger partial charge is 0.130 e. The molecular weight excluding hydrogens is 234 g/mol. The maximum atomic E-state index is 5.89. The molecule has 1 atom stereocenters. The molecular formula is C17H21NO. The van der Waals surface area contributed by atoms with Crippen LogP contribution in [0.15, 0.2) is 42.5 Å². The first-order valence-corrected chi connectivity index (χ1v) is 6.64. The highest BCUT2D eigenvalue weighted by Gasteiger charge is 2.03. The molecule has 100 valence electrons. The minimum atomic E-state index is 0.186. The SMILES string of the molecule is Cc1ccc(Oc2ccc(CC(C)N)cc2)c(C)c1. The molecule has 2 rings (SSSR count). The number of hydrogen-bond donors (Lipinski definition) is 1. The molecule has 0 aliphatic carbocycles. The van der Waals surface area contributed by atoms with E-state index in [0.29, 0.717) is 0 Å². The molecule has 1 unspecified atom stereocenters. The second-order valence-corrected chi connectivity index (χ2v) is 5.20. The molecule has 2 aromatic carbocycles. The first kappa shape index (κ1) is 13.6. The Morgan fingerprint density at radius 1 is 1.05 bits per heavy atom. The second-order valence-electron chi connectivity index (χ2n) is 5.20. The van der Waals surface area contributed by atoms with E-state index in [4.69, 9.17) is 10.5 Å². The van der Waals surface area contributed by atoms with Crippen LogP contribution in [0.5, 0.6) is 11.5 Å². The normalized spacial score (nSPS) is 12.2. The Bertz CT molecular complexity index is 544. The molecule has 2 N–H and O–H groups in total. The third-order valence-corrected chi connectivity index (χ3v) is 3.04. The van der Waals surface area contributed by atoms with Crippen LogP contribution < -0.4 is 10.5 Å². The fraction of sp³-hybridized carbons (Fsp3) is 0.294. The van der Waals surface area contributed by atoms with Crippen molar-refractivity contribution in [3.8, 4) is 11.5 Å². The molecule has 2 heteroatoms. The summed E-state index contributed by atoms with van der Waals surface area (Å²) in [5.74, 6) is 1.77. The standard InChI is InChI=1S/C17H21NO/c1-12-4-9-17(13(2)10-12)19-16-7-5-15(6-8-16)11-14(3)18/h4-10,14H,11,18H2,1-3H3.